The second-order valence-electron chi connectivity index (χ2n) is 5.49. The lowest BCUT2D eigenvalue weighted by Crippen LogP contribution is -2.21. The maximum atomic E-state index is 10.9. The van der Waals surface area contributed by atoms with Crippen molar-refractivity contribution in [1.82, 2.24) is 14.5 Å². The molecule has 0 amide bonds. The molecular formula is C14H15N3O3S. The highest BCUT2D eigenvalue weighted by atomic mass is 32.2. The van der Waals surface area contributed by atoms with E-state index >= 15 is 0 Å². The zero-order chi connectivity index (χ0) is 14.4. The zero-order valence-electron chi connectivity index (χ0n) is 11.3. The summed E-state index contributed by atoms with van der Waals surface area (Å²) < 4.78 is 8.11. The molecule has 0 saturated carbocycles. The van der Waals surface area contributed by atoms with E-state index in [1.165, 1.54) is 11.8 Å². The van der Waals surface area contributed by atoms with E-state index in [0.29, 0.717) is 6.10 Å². The van der Waals surface area contributed by atoms with E-state index in [2.05, 4.69) is 14.5 Å². The summed E-state index contributed by atoms with van der Waals surface area (Å²) in [5, 5.41) is 9.67. The van der Waals surface area contributed by atoms with E-state index < -0.39 is 5.97 Å². The van der Waals surface area contributed by atoms with Crippen LogP contribution < -0.4 is 0 Å². The van der Waals surface area contributed by atoms with Gasteiger partial charge in [-0.05, 0) is 25.3 Å². The number of fused-ring (bicyclic) bond motifs is 3. The number of carbonyl (C=O) groups is 1. The molecule has 2 saturated heterocycles. The molecule has 21 heavy (non-hydrogen) atoms. The Kier molecular flexibility index (Phi) is 3.11. The number of pyridine rings is 1. The molecular weight excluding hydrogens is 290 g/mol. The molecule has 4 rings (SSSR count). The minimum Gasteiger partial charge on any atom is -0.481 e. The van der Waals surface area contributed by atoms with Crippen LogP contribution in [0.5, 0.6) is 0 Å². The Hall–Kier alpha value is -1.60. The van der Waals surface area contributed by atoms with Gasteiger partial charge in [-0.2, -0.15) is 0 Å². The standard InChI is InChI=1S/C14H15N3O3S/c18-13(19)7-21-14-16-9-6-15-4-3-10(9)17(14)11-5-8-1-2-12(11)20-8/h3-4,6,8,11-12H,1-2,5,7H2,(H,18,19). The Morgan fingerprint density at radius 3 is 3.14 bits per heavy atom. The maximum Gasteiger partial charge on any atom is 0.313 e. The average Bonchev–Trinajstić information content (AvgIpc) is 3.17. The third kappa shape index (κ3) is 2.20. The molecule has 110 valence electrons. The third-order valence-electron chi connectivity index (χ3n) is 4.19. The Labute approximate surface area is 125 Å². The highest BCUT2D eigenvalue weighted by molar-refractivity contribution is 7.99. The molecule has 2 aromatic heterocycles. The van der Waals surface area contributed by atoms with E-state index in [-0.39, 0.29) is 17.9 Å². The van der Waals surface area contributed by atoms with Crippen LogP contribution in [-0.4, -0.2) is 43.6 Å². The summed E-state index contributed by atoms with van der Waals surface area (Å²) in [4.78, 5) is 19.5. The summed E-state index contributed by atoms with van der Waals surface area (Å²) in [5.74, 6) is -0.820. The van der Waals surface area contributed by atoms with Crippen molar-refractivity contribution in [2.45, 2.75) is 42.7 Å². The normalized spacial score (nSPS) is 27.5. The van der Waals surface area contributed by atoms with Gasteiger partial charge in [-0.25, -0.2) is 4.98 Å². The molecule has 2 aliphatic rings. The first-order valence-corrected chi connectivity index (χ1v) is 8.03. The Morgan fingerprint density at radius 2 is 2.43 bits per heavy atom. The van der Waals surface area contributed by atoms with Gasteiger partial charge in [0.25, 0.3) is 0 Å². The van der Waals surface area contributed by atoms with Gasteiger partial charge >= 0.3 is 5.97 Å². The number of carboxylic acid groups (broad SMARTS) is 1. The minimum atomic E-state index is -0.832. The van der Waals surface area contributed by atoms with Crippen molar-refractivity contribution in [3.63, 3.8) is 0 Å². The van der Waals surface area contributed by atoms with Crippen LogP contribution in [0.2, 0.25) is 0 Å². The van der Waals surface area contributed by atoms with Gasteiger partial charge in [0.15, 0.2) is 5.16 Å². The molecule has 2 fully saturated rings. The predicted octanol–water partition coefficient (Wildman–Crippen LogP) is 2.10. The number of hydrogen-bond donors (Lipinski definition) is 1. The van der Waals surface area contributed by atoms with Crippen LogP contribution in [0.3, 0.4) is 0 Å². The van der Waals surface area contributed by atoms with Crippen LogP contribution in [0.15, 0.2) is 23.6 Å². The fourth-order valence-electron chi connectivity index (χ4n) is 3.36. The Bertz CT molecular complexity index is 702. The smallest absolute Gasteiger partial charge is 0.313 e. The van der Waals surface area contributed by atoms with E-state index in [1.807, 2.05) is 6.07 Å². The maximum absolute atomic E-state index is 10.9. The van der Waals surface area contributed by atoms with Gasteiger partial charge in [-0.15, -0.1) is 0 Å². The molecule has 0 radical (unpaired) electrons. The van der Waals surface area contributed by atoms with Gasteiger partial charge in [0.1, 0.15) is 5.52 Å². The summed E-state index contributed by atoms with van der Waals surface area (Å²) in [6.07, 6.45) is 7.24. The number of imidazole rings is 1. The molecule has 3 unspecified atom stereocenters. The van der Waals surface area contributed by atoms with Crippen molar-refractivity contribution in [3.05, 3.63) is 18.5 Å². The highest BCUT2D eigenvalue weighted by Gasteiger charge is 2.43. The van der Waals surface area contributed by atoms with Crippen molar-refractivity contribution in [1.29, 1.82) is 0 Å². The van der Waals surface area contributed by atoms with Gasteiger partial charge in [-0.3, -0.25) is 9.78 Å². The highest BCUT2D eigenvalue weighted by Crippen LogP contribution is 2.44. The summed E-state index contributed by atoms with van der Waals surface area (Å²) in [7, 11) is 0. The number of carboxylic acids is 1. The summed E-state index contributed by atoms with van der Waals surface area (Å²) in [6, 6.07) is 2.20. The van der Waals surface area contributed by atoms with Crippen molar-refractivity contribution in [2.75, 3.05) is 5.75 Å². The Balaban J connectivity index is 1.77. The second kappa shape index (κ2) is 4.99. The first-order chi connectivity index (χ1) is 10.2. The van der Waals surface area contributed by atoms with Gasteiger partial charge < -0.3 is 14.4 Å². The van der Waals surface area contributed by atoms with Crippen LogP contribution in [-0.2, 0) is 9.53 Å². The second-order valence-corrected chi connectivity index (χ2v) is 6.43. The molecule has 0 aliphatic carbocycles. The number of rotatable bonds is 4. The third-order valence-corrected chi connectivity index (χ3v) is 5.13. The lowest BCUT2D eigenvalue weighted by Gasteiger charge is -2.22. The van der Waals surface area contributed by atoms with Crippen molar-refractivity contribution in [2.24, 2.45) is 0 Å². The molecule has 3 atom stereocenters. The lowest BCUT2D eigenvalue weighted by atomic mass is 9.95. The average molecular weight is 305 g/mol. The monoisotopic (exact) mass is 305 g/mol. The van der Waals surface area contributed by atoms with Crippen molar-refractivity contribution < 1.29 is 14.6 Å². The van der Waals surface area contributed by atoms with Crippen LogP contribution >= 0.6 is 11.8 Å². The number of nitrogens with zero attached hydrogens (tertiary/aromatic N) is 3. The minimum absolute atomic E-state index is 0.0123. The summed E-state index contributed by atoms with van der Waals surface area (Å²) in [6.45, 7) is 0. The first-order valence-electron chi connectivity index (χ1n) is 7.04. The van der Waals surface area contributed by atoms with Crippen molar-refractivity contribution in [3.8, 4) is 0 Å². The van der Waals surface area contributed by atoms with Crippen LogP contribution in [0.4, 0.5) is 0 Å². The number of thioether (sulfide) groups is 1. The summed E-state index contributed by atoms with van der Waals surface area (Å²) in [5.41, 5.74) is 1.83. The molecule has 7 heteroatoms. The number of hydrogen-bond acceptors (Lipinski definition) is 5. The molecule has 0 spiro atoms. The molecule has 0 aromatic carbocycles. The molecule has 2 bridgehead atoms. The van der Waals surface area contributed by atoms with E-state index in [9.17, 15) is 4.79 Å². The Morgan fingerprint density at radius 1 is 1.52 bits per heavy atom. The number of aromatic nitrogens is 3. The van der Waals surface area contributed by atoms with E-state index in [1.54, 1.807) is 12.4 Å². The fraction of sp³-hybridized carbons (Fsp3) is 0.500. The van der Waals surface area contributed by atoms with E-state index in [4.69, 9.17) is 9.84 Å². The van der Waals surface area contributed by atoms with Gasteiger partial charge in [-0.1, -0.05) is 11.8 Å². The molecule has 2 aromatic rings. The van der Waals surface area contributed by atoms with Crippen LogP contribution in [0, 0.1) is 0 Å². The van der Waals surface area contributed by atoms with Gasteiger partial charge in [0.2, 0.25) is 0 Å². The van der Waals surface area contributed by atoms with Crippen LogP contribution in [0.1, 0.15) is 25.3 Å². The first kappa shape index (κ1) is 13.1. The number of ether oxygens (including phenoxy) is 1. The summed E-state index contributed by atoms with van der Waals surface area (Å²) >= 11 is 1.26. The topological polar surface area (TPSA) is 77.2 Å². The number of aliphatic carboxylic acids is 1. The lowest BCUT2D eigenvalue weighted by molar-refractivity contribution is -0.133. The molecule has 4 heterocycles. The quantitative estimate of drug-likeness (QED) is 0.872. The van der Waals surface area contributed by atoms with Crippen molar-refractivity contribution >= 4 is 28.8 Å². The molecule has 1 N–H and O–H groups in total. The molecule has 6 nitrogen and oxygen atoms in total. The fourth-order valence-corrected chi connectivity index (χ4v) is 4.15. The predicted molar refractivity (Wildman–Crippen MR) is 77.4 cm³/mol. The van der Waals surface area contributed by atoms with Gasteiger partial charge in [0.05, 0.1) is 35.7 Å². The largest absolute Gasteiger partial charge is 0.481 e. The van der Waals surface area contributed by atoms with E-state index in [0.717, 1.165) is 35.5 Å². The van der Waals surface area contributed by atoms with Crippen LogP contribution in [0.25, 0.3) is 11.0 Å². The SMILES string of the molecule is O=C(O)CSc1nc2cnccc2n1C1CC2CCC1O2. The molecule has 2 aliphatic heterocycles. The zero-order valence-corrected chi connectivity index (χ0v) is 12.1. The van der Waals surface area contributed by atoms with Gasteiger partial charge in [0, 0.05) is 6.20 Å².